The molecule has 0 spiro atoms. The number of aromatic nitrogens is 1. The zero-order valence-corrected chi connectivity index (χ0v) is 48.9. The van der Waals surface area contributed by atoms with Gasteiger partial charge in [0.25, 0.3) is 6.71 Å². The van der Waals surface area contributed by atoms with Crippen LogP contribution in [0.4, 0.5) is 34.1 Å². The lowest BCUT2D eigenvalue weighted by Gasteiger charge is -2.46. The van der Waals surface area contributed by atoms with Gasteiger partial charge in [0.15, 0.2) is 0 Å². The van der Waals surface area contributed by atoms with E-state index in [0.29, 0.717) is 0 Å². The van der Waals surface area contributed by atoms with Gasteiger partial charge >= 0.3 is 0 Å². The van der Waals surface area contributed by atoms with Crippen molar-refractivity contribution in [2.24, 2.45) is 0 Å². The third-order valence-electron chi connectivity index (χ3n) is 17.3. The monoisotopic (exact) mass is 1020 g/mol. The van der Waals surface area contributed by atoms with E-state index in [2.05, 4.69) is 265 Å². The van der Waals surface area contributed by atoms with Gasteiger partial charge in [-0.1, -0.05) is 154 Å². The maximum Gasteiger partial charge on any atom is 0.252 e. The molecule has 12 rings (SSSR count). The van der Waals surface area contributed by atoms with Gasteiger partial charge in [0.2, 0.25) is 0 Å². The van der Waals surface area contributed by atoms with Gasteiger partial charge in [0.1, 0.15) is 11.2 Å². The molecule has 4 nitrogen and oxygen atoms in total. The van der Waals surface area contributed by atoms with E-state index in [0.717, 1.165) is 33.1 Å². The summed E-state index contributed by atoms with van der Waals surface area (Å²) in [6.07, 6.45) is 4.25. The molecule has 0 atom stereocenters. The molecule has 0 amide bonds. The van der Waals surface area contributed by atoms with Crippen LogP contribution in [0.1, 0.15) is 122 Å². The Hall–Kier alpha value is -7.76. The zero-order valence-electron chi connectivity index (χ0n) is 48.9. The molecule has 0 bridgehead atoms. The maximum atomic E-state index is 6.45. The van der Waals surface area contributed by atoms with E-state index in [1.54, 1.807) is 0 Å². The molecule has 10 aromatic rings. The van der Waals surface area contributed by atoms with Crippen molar-refractivity contribution in [3.63, 3.8) is 0 Å². The number of para-hydroxylation sites is 2. The van der Waals surface area contributed by atoms with E-state index >= 15 is 0 Å². The molecule has 0 unspecified atom stereocenters. The largest absolute Gasteiger partial charge is 0.456 e. The van der Waals surface area contributed by atoms with Crippen LogP contribution in [0, 0.1) is 27.7 Å². The van der Waals surface area contributed by atoms with E-state index in [9.17, 15) is 0 Å². The summed E-state index contributed by atoms with van der Waals surface area (Å²) in [6, 6.07) is 51.3. The van der Waals surface area contributed by atoms with Gasteiger partial charge in [0.05, 0.1) is 28.1 Å². The summed E-state index contributed by atoms with van der Waals surface area (Å²) < 4.78 is 8.96. The van der Waals surface area contributed by atoms with Crippen molar-refractivity contribution in [3.8, 4) is 11.1 Å². The molecule has 2 aromatic heterocycles. The Bertz CT molecular complexity index is 4220. The molecule has 8 aromatic carbocycles. The molecule has 2 aliphatic heterocycles. The van der Waals surface area contributed by atoms with E-state index in [4.69, 9.17) is 4.42 Å². The zero-order chi connectivity index (χ0) is 55.2. The predicted molar refractivity (Wildman–Crippen MR) is 340 cm³/mol. The van der Waals surface area contributed by atoms with Crippen LogP contribution < -0.4 is 26.2 Å². The van der Waals surface area contributed by atoms with E-state index in [1.165, 1.54) is 128 Å². The first-order chi connectivity index (χ1) is 37.0. The smallest absolute Gasteiger partial charge is 0.252 e. The van der Waals surface area contributed by atoms with Gasteiger partial charge in [-0.2, -0.15) is 0 Å². The SMILES string of the molecule is C=C/C(C)=C(\C(C)=C/C)n1c2ccccc2c2cc3c(cc21)N(c1c(C)cc(C(C)(C)C)cc1C)c1cc(C(C)(C)C)cc2c1B3c1cc(C(C)(C)C)ccc1N2c1c(C)cc(-c2ccc3c(c2)oc2ccccc23)cc1C. The average Bonchev–Trinajstić information content (AvgIpc) is 2.55. The minimum atomic E-state index is -0.180. The molecule has 0 aliphatic carbocycles. The van der Waals surface area contributed by atoms with E-state index in [-0.39, 0.29) is 23.0 Å². The molecule has 4 heterocycles. The number of hydrogen-bond donors (Lipinski definition) is 0. The van der Waals surface area contributed by atoms with Crippen molar-refractivity contribution >= 4 is 107 Å². The Morgan fingerprint density at radius 2 is 1.04 bits per heavy atom. The Balaban J connectivity index is 1.20. The second-order valence-electron chi connectivity index (χ2n) is 25.8. The van der Waals surface area contributed by atoms with Crippen LogP contribution in [0.5, 0.6) is 0 Å². The summed E-state index contributed by atoms with van der Waals surface area (Å²) in [4.78, 5) is 5.33. The highest BCUT2D eigenvalue weighted by atomic mass is 16.3. The van der Waals surface area contributed by atoms with E-state index < -0.39 is 0 Å². The number of fused-ring (bicyclic) bond motifs is 10. The second-order valence-corrected chi connectivity index (χ2v) is 25.8. The highest BCUT2D eigenvalue weighted by Crippen LogP contribution is 2.51. The first-order valence-corrected chi connectivity index (χ1v) is 28.1. The van der Waals surface area contributed by atoms with Crippen LogP contribution in [0.2, 0.25) is 0 Å². The fraction of sp³-hybridized carbons (Fsp3) is 0.260. The summed E-state index contributed by atoms with van der Waals surface area (Å²) in [6.45, 7) is 41.3. The number of nitrogens with zero attached hydrogens (tertiary/aromatic N) is 3. The molecule has 0 fully saturated rings. The molecule has 390 valence electrons. The van der Waals surface area contributed by atoms with Gasteiger partial charge in [-0.05, 0) is 203 Å². The molecule has 2 aliphatic rings. The average molecular weight is 1020 g/mol. The quantitative estimate of drug-likeness (QED) is 0.123. The summed E-state index contributed by atoms with van der Waals surface area (Å²) in [5.74, 6) is 0. The maximum absolute atomic E-state index is 6.45. The van der Waals surface area contributed by atoms with Gasteiger partial charge in [-0.3, -0.25) is 0 Å². The van der Waals surface area contributed by atoms with Crippen LogP contribution in [0.25, 0.3) is 60.6 Å². The molecule has 0 saturated carbocycles. The lowest BCUT2D eigenvalue weighted by atomic mass is 9.33. The number of furan rings is 1. The highest BCUT2D eigenvalue weighted by molar-refractivity contribution is 7.00. The van der Waals surface area contributed by atoms with Gasteiger partial charge in [-0.15, -0.1) is 0 Å². The minimum Gasteiger partial charge on any atom is -0.456 e. The first-order valence-electron chi connectivity index (χ1n) is 28.1. The Morgan fingerprint density at radius 1 is 0.487 bits per heavy atom. The minimum absolute atomic E-state index is 0.0197. The molecule has 78 heavy (non-hydrogen) atoms. The topological polar surface area (TPSA) is 24.6 Å². The van der Waals surface area contributed by atoms with Crippen molar-refractivity contribution in [2.45, 2.75) is 127 Å². The fourth-order valence-electron chi connectivity index (χ4n) is 13.1. The van der Waals surface area contributed by atoms with Crippen LogP contribution in [-0.2, 0) is 16.2 Å². The summed E-state index contributed by atoms with van der Waals surface area (Å²) in [5, 5.41) is 4.77. The van der Waals surface area contributed by atoms with Crippen LogP contribution in [0.15, 0.2) is 168 Å². The third-order valence-corrected chi connectivity index (χ3v) is 17.3. The lowest BCUT2D eigenvalue weighted by molar-refractivity contribution is 0.589. The van der Waals surface area contributed by atoms with Crippen LogP contribution >= 0.6 is 0 Å². The van der Waals surface area contributed by atoms with Gasteiger partial charge in [-0.25, -0.2) is 0 Å². The summed E-state index contributed by atoms with van der Waals surface area (Å²) in [5.41, 5.74) is 30.0. The number of rotatable bonds is 6. The number of hydrogen-bond acceptors (Lipinski definition) is 3. The Kier molecular flexibility index (Phi) is 11.7. The Morgan fingerprint density at radius 3 is 1.65 bits per heavy atom. The van der Waals surface area contributed by atoms with Gasteiger partial charge in [0, 0.05) is 44.3 Å². The normalized spacial score (nSPS) is 14.2. The molecule has 0 radical (unpaired) electrons. The first kappa shape index (κ1) is 51.0. The standard InChI is InChI=1S/C73H74BN3O/c1-18-42(3)68(43(4)19-2)75-59-26-22-20-24-53(59)56-40-58-62(41-61(56)75)77(70-46(7)34-51(35-47(70)8)72(12,13)14)64-39-52(73(15,16)17)38-63-67(64)74(58)57-37-50(71(9,10)11)29-31-60(57)76(63)69-44(5)32-49(33-45(69)6)48-28-30-55-54-25-21-23-27-65(54)78-66(55)36-48/h18-41H,1H2,2-17H3/b43-19-,68-42+. The number of allylic oxidation sites excluding steroid dienone is 5. The molecule has 0 N–H and O–H groups in total. The second kappa shape index (κ2) is 17.9. The number of aryl methyl sites for hydroxylation is 4. The van der Waals surface area contributed by atoms with Gasteiger partial charge < -0.3 is 18.8 Å². The summed E-state index contributed by atoms with van der Waals surface area (Å²) in [7, 11) is 0. The molecule has 0 saturated heterocycles. The fourth-order valence-corrected chi connectivity index (χ4v) is 13.1. The third kappa shape index (κ3) is 7.85. The van der Waals surface area contributed by atoms with Crippen molar-refractivity contribution < 1.29 is 4.42 Å². The van der Waals surface area contributed by atoms with Crippen LogP contribution in [-0.4, -0.2) is 11.3 Å². The predicted octanol–water partition coefficient (Wildman–Crippen LogP) is 19.0. The van der Waals surface area contributed by atoms with E-state index in [1.807, 2.05) is 12.1 Å². The molecular formula is C73H74BN3O. The Labute approximate surface area is 463 Å². The molecular weight excluding hydrogens is 946 g/mol. The molecule has 5 heteroatoms. The van der Waals surface area contributed by atoms with Crippen LogP contribution in [0.3, 0.4) is 0 Å². The number of anilines is 6. The number of benzene rings is 8. The lowest BCUT2D eigenvalue weighted by Crippen LogP contribution is -2.61. The highest BCUT2D eigenvalue weighted by Gasteiger charge is 2.46. The van der Waals surface area contributed by atoms with Crippen molar-refractivity contribution in [2.75, 3.05) is 9.80 Å². The summed E-state index contributed by atoms with van der Waals surface area (Å²) >= 11 is 0. The van der Waals surface area contributed by atoms with Crippen molar-refractivity contribution in [3.05, 3.63) is 202 Å². The van der Waals surface area contributed by atoms with Crippen molar-refractivity contribution in [1.29, 1.82) is 0 Å². The van der Waals surface area contributed by atoms with Crippen molar-refractivity contribution in [1.82, 2.24) is 4.57 Å².